The molecular weight excluding hydrogens is 487 g/mol. The van der Waals surface area contributed by atoms with Gasteiger partial charge in [0, 0.05) is 24.1 Å². The summed E-state index contributed by atoms with van der Waals surface area (Å²) in [4.78, 5) is 35.1. The Morgan fingerprint density at radius 1 is 1.20 bits per heavy atom. The second kappa shape index (κ2) is 12.0. The summed E-state index contributed by atoms with van der Waals surface area (Å²) in [5, 5.41) is 24.4. The van der Waals surface area contributed by atoms with Gasteiger partial charge in [-0.15, -0.1) is 10.2 Å². The number of nitrogens with one attached hydrogen (secondary N) is 2. The molecule has 3 N–H and O–H groups in total. The van der Waals surface area contributed by atoms with Crippen LogP contribution in [0.4, 0.5) is 4.39 Å². The zero-order chi connectivity index (χ0) is 25.4. The largest absolute Gasteiger partial charge is 0.428 e. The SMILES string of the molecule is CC(=O)OCOC(=O)[C@H](O)CN(Cc1ccc(-c2cc(Cl)ccc2F)cc1)NC(=O)c1nn[nH]n1. The molecule has 35 heavy (non-hydrogen) atoms. The van der Waals surface area contributed by atoms with Crippen LogP contribution < -0.4 is 5.43 Å². The van der Waals surface area contributed by atoms with Gasteiger partial charge in [0.25, 0.3) is 5.82 Å². The summed E-state index contributed by atoms with van der Waals surface area (Å²) >= 11 is 5.96. The van der Waals surface area contributed by atoms with Gasteiger partial charge in [0.05, 0.1) is 6.54 Å². The van der Waals surface area contributed by atoms with Crippen LogP contribution in [-0.4, -0.2) is 68.0 Å². The van der Waals surface area contributed by atoms with E-state index in [9.17, 15) is 23.9 Å². The molecule has 0 aliphatic rings. The first-order chi connectivity index (χ1) is 16.7. The normalized spacial score (nSPS) is 11.7. The highest BCUT2D eigenvalue weighted by Crippen LogP contribution is 2.26. The fourth-order valence-corrected chi connectivity index (χ4v) is 3.05. The van der Waals surface area contributed by atoms with Crippen molar-refractivity contribution in [1.82, 2.24) is 31.1 Å². The van der Waals surface area contributed by atoms with Gasteiger partial charge in [-0.2, -0.15) is 5.21 Å². The molecule has 0 spiro atoms. The first-order valence-corrected chi connectivity index (χ1v) is 10.4. The monoisotopic (exact) mass is 506 g/mol. The summed E-state index contributed by atoms with van der Waals surface area (Å²) in [5.74, 6) is -3.20. The van der Waals surface area contributed by atoms with E-state index in [2.05, 4.69) is 35.5 Å². The Morgan fingerprint density at radius 2 is 1.94 bits per heavy atom. The number of H-pyrrole nitrogens is 1. The molecule has 1 atom stereocenters. The van der Waals surface area contributed by atoms with E-state index >= 15 is 0 Å². The number of hydrogen-bond acceptors (Lipinski definition) is 10. The molecule has 0 unspecified atom stereocenters. The van der Waals surface area contributed by atoms with E-state index in [0.717, 1.165) is 6.92 Å². The third kappa shape index (κ3) is 7.53. The van der Waals surface area contributed by atoms with Gasteiger partial charge in [0.1, 0.15) is 5.82 Å². The van der Waals surface area contributed by atoms with E-state index in [-0.39, 0.29) is 12.4 Å². The zero-order valence-electron chi connectivity index (χ0n) is 18.3. The number of rotatable bonds is 10. The van der Waals surface area contributed by atoms with Crippen LogP contribution >= 0.6 is 11.6 Å². The molecule has 1 heterocycles. The summed E-state index contributed by atoms with van der Waals surface area (Å²) in [6.45, 7) is 0.0941. The Bertz CT molecular complexity index is 1180. The highest BCUT2D eigenvalue weighted by atomic mass is 35.5. The van der Waals surface area contributed by atoms with Gasteiger partial charge >= 0.3 is 17.8 Å². The Labute approximate surface area is 202 Å². The predicted molar refractivity (Wildman–Crippen MR) is 118 cm³/mol. The number of aromatic amines is 1. The number of carbonyl (C=O) groups is 3. The molecule has 14 heteroatoms. The first kappa shape index (κ1) is 25.7. The number of hydrogen-bond donors (Lipinski definition) is 3. The predicted octanol–water partition coefficient (Wildman–Crippen LogP) is 1.23. The second-order valence-corrected chi connectivity index (χ2v) is 7.55. The minimum Gasteiger partial charge on any atom is -0.428 e. The molecule has 3 aromatic rings. The van der Waals surface area contributed by atoms with Crippen molar-refractivity contribution in [2.24, 2.45) is 0 Å². The number of hydrazine groups is 1. The van der Waals surface area contributed by atoms with Gasteiger partial charge in [-0.3, -0.25) is 15.0 Å². The van der Waals surface area contributed by atoms with Gasteiger partial charge in [-0.1, -0.05) is 35.9 Å². The molecule has 0 radical (unpaired) electrons. The lowest BCUT2D eigenvalue weighted by molar-refractivity contribution is -0.173. The number of aromatic nitrogens is 4. The van der Waals surface area contributed by atoms with E-state index in [0.29, 0.717) is 21.7 Å². The van der Waals surface area contributed by atoms with Crippen molar-refractivity contribution in [2.45, 2.75) is 19.6 Å². The van der Waals surface area contributed by atoms with Gasteiger partial charge in [0.2, 0.25) is 6.79 Å². The van der Waals surface area contributed by atoms with Crippen molar-refractivity contribution in [2.75, 3.05) is 13.3 Å². The van der Waals surface area contributed by atoms with Gasteiger partial charge < -0.3 is 14.6 Å². The van der Waals surface area contributed by atoms with E-state index in [1.807, 2.05) is 0 Å². The molecular formula is C21H20ClFN6O6. The average molecular weight is 507 g/mol. The number of halogens is 2. The molecule has 0 fully saturated rings. The van der Waals surface area contributed by atoms with Crippen LogP contribution in [0.15, 0.2) is 42.5 Å². The first-order valence-electron chi connectivity index (χ1n) is 10.0. The topological polar surface area (TPSA) is 160 Å². The van der Waals surface area contributed by atoms with Crippen LogP contribution in [0.3, 0.4) is 0 Å². The molecule has 12 nitrogen and oxygen atoms in total. The number of aliphatic hydroxyl groups is 1. The number of nitrogens with zero attached hydrogens (tertiary/aromatic N) is 4. The fraction of sp³-hybridized carbons (Fsp3) is 0.238. The van der Waals surface area contributed by atoms with Crippen LogP contribution in [-0.2, 0) is 25.6 Å². The molecule has 2 aromatic carbocycles. The van der Waals surface area contributed by atoms with Crippen LogP contribution in [0.1, 0.15) is 23.1 Å². The highest BCUT2D eigenvalue weighted by molar-refractivity contribution is 6.30. The molecule has 1 amide bonds. The summed E-state index contributed by atoms with van der Waals surface area (Å²) in [6, 6.07) is 10.9. The smallest absolute Gasteiger partial charge is 0.339 e. The van der Waals surface area contributed by atoms with Crippen molar-refractivity contribution < 1.29 is 33.4 Å². The van der Waals surface area contributed by atoms with Crippen LogP contribution in [0.25, 0.3) is 11.1 Å². The molecule has 0 saturated carbocycles. The minimum absolute atomic E-state index is 0.0240. The Kier molecular flexibility index (Phi) is 8.78. The molecule has 1 aromatic heterocycles. The van der Waals surface area contributed by atoms with Crippen molar-refractivity contribution >= 4 is 29.4 Å². The third-order valence-corrected chi connectivity index (χ3v) is 4.74. The van der Waals surface area contributed by atoms with Gasteiger partial charge in [0.15, 0.2) is 6.10 Å². The highest BCUT2D eigenvalue weighted by Gasteiger charge is 2.24. The number of benzene rings is 2. The van der Waals surface area contributed by atoms with Gasteiger partial charge in [-0.25, -0.2) is 14.2 Å². The maximum absolute atomic E-state index is 14.2. The van der Waals surface area contributed by atoms with Crippen molar-refractivity contribution in [1.29, 1.82) is 0 Å². The number of carbonyl (C=O) groups excluding carboxylic acids is 3. The maximum atomic E-state index is 14.2. The Hall–Kier alpha value is -3.94. The molecule has 184 valence electrons. The summed E-state index contributed by atoms with van der Waals surface area (Å²) < 4.78 is 23.3. The number of ether oxygens (including phenoxy) is 2. The maximum Gasteiger partial charge on any atom is 0.339 e. The molecule has 0 aliphatic heterocycles. The van der Waals surface area contributed by atoms with Crippen molar-refractivity contribution in [3.05, 3.63) is 64.7 Å². The van der Waals surface area contributed by atoms with E-state index in [1.165, 1.54) is 23.2 Å². The van der Waals surface area contributed by atoms with E-state index < -0.39 is 43.1 Å². The van der Waals surface area contributed by atoms with Crippen LogP contribution in [0.5, 0.6) is 0 Å². The quantitative estimate of drug-likeness (QED) is 0.207. The zero-order valence-corrected chi connectivity index (χ0v) is 19.0. The lowest BCUT2D eigenvalue weighted by Gasteiger charge is -2.24. The average Bonchev–Trinajstić information content (AvgIpc) is 3.36. The molecule has 3 rings (SSSR count). The molecule has 0 bridgehead atoms. The van der Waals surface area contributed by atoms with Gasteiger partial charge in [-0.05, 0) is 34.5 Å². The van der Waals surface area contributed by atoms with Crippen molar-refractivity contribution in [3.8, 4) is 11.1 Å². The lowest BCUT2D eigenvalue weighted by atomic mass is 10.0. The van der Waals surface area contributed by atoms with Crippen LogP contribution in [0.2, 0.25) is 5.02 Å². The number of aliphatic hydroxyl groups excluding tert-OH is 1. The minimum atomic E-state index is -1.70. The Balaban J connectivity index is 1.72. The van der Waals surface area contributed by atoms with E-state index in [1.54, 1.807) is 24.3 Å². The molecule has 0 aliphatic carbocycles. The Morgan fingerprint density at radius 3 is 2.60 bits per heavy atom. The lowest BCUT2D eigenvalue weighted by Crippen LogP contribution is -2.48. The standard InChI is InChI=1S/C21H20ClFN6O6/c1-12(30)34-11-35-21(33)18(31)10-29(26-20(32)19-24-27-28-25-19)9-13-2-4-14(5-3-13)16-8-15(22)6-7-17(16)23/h2-8,18,31H,9-11H2,1H3,(H,26,32)(H,24,25,27,28)/t18-/m1/s1. The molecule has 0 saturated heterocycles. The third-order valence-electron chi connectivity index (χ3n) is 4.50. The van der Waals surface area contributed by atoms with Crippen molar-refractivity contribution in [3.63, 3.8) is 0 Å². The number of tetrazole rings is 1. The summed E-state index contributed by atoms with van der Waals surface area (Å²) in [5.41, 5.74) is 4.00. The summed E-state index contributed by atoms with van der Waals surface area (Å²) in [7, 11) is 0. The number of amides is 1. The van der Waals surface area contributed by atoms with Crippen LogP contribution in [0, 0.1) is 5.82 Å². The number of esters is 2. The van der Waals surface area contributed by atoms with E-state index in [4.69, 9.17) is 11.6 Å². The summed E-state index contributed by atoms with van der Waals surface area (Å²) in [6.07, 6.45) is -1.70. The second-order valence-electron chi connectivity index (χ2n) is 7.11. The fourth-order valence-electron chi connectivity index (χ4n) is 2.88.